The molecule has 0 radical (unpaired) electrons. The highest BCUT2D eigenvalue weighted by atomic mass is 16.6. The zero-order valence-electron chi connectivity index (χ0n) is 13.1. The van der Waals surface area contributed by atoms with Gasteiger partial charge in [0.2, 0.25) is 0 Å². The van der Waals surface area contributed by atoms with E-state index in [-0.39, 0.29) is 0 Å². The molecule has 0 aliphatic rings. The first-order valence-electron chi connectivity index (χ1n) is 6.89. The molecule has 0 saturated heterocycles. The number of hydrogen-bond acceptors (Lipinski definition) is 13. The van der Waals surface area contributed by atoms with E-state index in [0.29, 0.717) is 0 Å². The number of carboxylic acid groups (broad SMARTS) is 2. The first kappa shape index (κ1) is 24.8. The van der Waals surface area contributed by atoms with Gasteiger partial charge in [-0.05, 0) is 0 Å². The molecular weight excluding hydrogens is 384 g/mol. The van der Waals surface area contributed by atoms with Crippen molar-refractivity contribution in [1.82, 2.24) is 0 Å². The number of esters is 2. The SMILES string of the molecule is O=C(O)[C@@H](O)[C@@H](O)[C@H](O)[C@@H](O)C(=O)OC(=O)[C@H](O)[C@@H](O)[C@H](O)[C@H](O)C(=O)O. The van der Waals surface area contributed by atoms with Gasteiger partial charge in [0.05, 0.1) is 0 Å². The maximum Gasteiger partial charge on any atom is 0.345 e. The van der Waals surface area contributed by atoms with Crippen LogP contribution in [0.2, 0.25) is 0 Å². The number of ether oxygens (including phenoxy) is 1. The minimum absolute atomic E-state index is 2.03. The van der Waals surface area contributed by atoms with Crippen LogP contribution in [0.1, 0.15) is 0 Å². The second-order valence-electron chi connectivity index (χ2n) is 5.16. The average molecular weight is 402 g/mol. The summed E-state index contributed by atoms with van der Waals surface area (Å²) in [6, 6.07) is 0. The van der Waals surface area contributed by atoms with Crippen LogP contribution in [0, 0.1) is 0 Å². The number of aliphatic carboxylic acids is 2. The van der Waals surface area contributed by atoms with E-state index in [1.54, 1.807) is 0 Å². The Labute approximate surface area is 148 Å². The number of rotatable bonds is 10. The van der Waals surface area contributed by atoms with Gasteiger partial charge < -0.3 is 55.8 Å². The van der Waals surface area contributed by atoms with Gasteiger partial charge >= 0.3 is 23.9 Å². The monoisotopic (exact) mass is 402 g/mol. The molecule has 0 fully saturated rings. The maximum absolute atomic E-state index is 11.4. The molecular formula is C12H18O15. The Bertz CT molecular complexity index is 513. The van der Waals surface area contributed by atoms with Crippen LogP contribution in [0.25, 0.3) is 0 Å². The van der Waals surface area contributed by atoms with Gasteiger partial charge in [-0.15, -0.1) is 0 Å². The first-order chi connectivity index (χ1) is 12.2. The Kier molecular flexibility index (Phi) is 9.34. The third-order valence-corrected chi connectivity index (χ3v) is 3.18. The minimum Gasteiger partial charge on any atom is -0.479 e. The van der Waals surface area contributed by atoms with Crippen molar-refractivity contribution < 1.29 is 75.0 Å². The van der Waals surface area contributed by atoms with Gasteiger partial charge in [0.15, 0.2) is 24.4 Å². The Hall–Kier alpha value is -2.24. The fourth-order valence-corrected chi connectivity index (χ4v) is 1.54. The largest absolute Gasteiger partial charge is 0.479 e. The van der Waals surface area contributed by atoms with Crippen molar-refractivity contribution in [2.24, 2.45) is 0 Å². The van der Waals surface area contributed by atoms with E-state index >= 15 is 0 Å². The molecule has 0 heterocycles. The molecule has 10 N–H and O–H groups in total. The molecule has 0 bridgehead atoms. The van der Waals surface area contributed by atoms with Gasteiger partial charge in [0.1, 0.15) is 24.4 Å². The number of aliphatic hydroxyl groups is 8. The highest BCUT2D eigenvalue weighted by molar-refractivity contribution is 5.90. The molecule has 15 heteroatoms. The zero-order chi connectivity index (χ0) is 21.6. The van der Waals surface area contributed by atoms with Crippen molar-refractivity contribution in [2.75, 3.05) is 0 Å². The quantitative estimate of drug-likeness (QED) is 0.120. The standard InChI is InChI=1S/C12H18O15/c13-1(5(17)9(21)22)3(15)7(19)11(25)27-12(26)8(20)4(16)2(14)6(18)10(23)24/h1-8,13-20H,(H,21,22)(H,23,24)/t1-,2-,3-,4-,5-,6-,7+,8+/m0/s1. The molecule has 156 valence electrons. The summed E-state index contributed by atoms with van der Waals surface area (Å²) in [6.45, 7) is 0. The van der Waals surface area contributed by atoms with Crippen molar-refractivity contribution in [2.45, 2.75) is 48.8 Å². The number of hydrogen-bond donors (Lipinski definition) is 10. The van der Waals surface area contributed by atoms with Gasteiger partial charge in [0, 0.05) is 0 Å². The highest BCUT2D eigenvalue weighted by Gasteiger charge is 2.42. The molecule has 0 spiro atoms. The summed E-state index contributed by atoms with van der Waals surface area (Å²) in [5.41, 5.74) is 0. The van der Waals surface area contributed by atoms with Crippen LogP contribution >= 0.6 is 0 Å². The molecule has 0 rings (SSSR count). The molecule has 8 atom stereocenters. The third-order valence-electron chi connectivity index (χ3n) is 3.18. The fourth-order valence-electron chi connectivity index (χ4n) is 1.54. The predicted octanol–water partition coefficient (Wildman–Crippen LogP) is -6.89. The average Bonchev–Trinajstić information content (AvgIpc) is 2.62. The van der Waals surface area contributed by atoms with Crippen LogP contribution < -0.4 is 0 Å². The molecule has 27 heavy (non-hydrogen) atoms. The predicted molar refractivity (Wildman–Crippen MR) is 74.4 cm³/mol. The molecule has 0 aromatic rings. The minimum atomic E-state index is -2.79. The Morgan fingerprint density at radius 3 is 0.926 bits per heavy atom. The van der Waals surface area contributed by atoms with E-state index in [0.717, 1.165) is 0 Å². The topological polar surface area (TPSA) is 280 Å². The molecule has 0 aromatic carbocycles. The van der Waals surface area contributed by atoms with E-state index in [1.165, 1.54) is 0 Å². The molecule has 0 amide bonds. The molecule has 0 aliphatic heterocycles. The normalized spacial score (nSPS) is 20.3. The lowest BCUT2D eigenvalue weighted by Crippen LogP contribution is -2.53. The molecule has 0 saturated carbocycles. The zero-order valence-corrected chi connectivity index (χ0v) is 13.1. The van der Waals surface area contributed by atoms with Crippen molar-refractivity contribution >= 4 is 23.9 Å². The molecule has 0 unspecified atom stereocenters. The van der Waals surface area contributed by atoms with Crippen LogP contribution in [0.4, 0.5) is 0 Å². The lowest BCUT2D eigenvalue weighted by molar-refractivity contribution is -0.190. The van der Waals surface area contributed by atoms with Gasteiger partial charge in [0.25, 0.3) is 0 Å². The Morgan fingerprint density at radius 2 is 0.704 bits per heavy atom. The summed E-state index contributed by atoms with van der Waals surface area (Å²) in [6.07, 6.45) is -21.3. The van der Waals surface area contributed by atoms with Crippen LogP contribution in [0.5, 0.6) is 0 Å². The van der Waals surface area contributed by atoms with Crippen LogP contribution in [0.15, 0.2) is 0 Å². The smallest absolute Gasteiger partial charge is 0.345 e. The number of carboxylic acids is 2. The van der Waals surface area contributed by atoms with Crippen LogP contribution in [0.3, 0.4) is 0 Å². The van der Waals surface area contributed by atoms with Crippen molar-refractivity contribution in [3.63, 3.8) is 0 Å². The van der Waals surface area contributed by atoms with E-state index in [1.807, 2.05) is 0 Å². The van der Waals surface area contributed by atoms with E-state index in [2.05, 4.69) is 4.74 Å². The highest BCUT2D eigenvalue weighted by Crippen LogP contribution is 2.10. The van der Waals surface area contributed by atoms with E-state index in [4.69, 9.17) is 20.4 Å². The lowest BCUT2D eigenvalue weighted by atomic mass is 10.0. The summed E-state index contributed by atoms with van der Waals surface area (Å²) >= 11 is 0. The lowest BCUT2D eigenvalue weighted by Gasteiger charge is -2.25. The molecule has 15 nitrogen and oxygen atoms in total. The maximum atomic E-state index is 11.4. The Morgan fingerprint density at radius 1 is 0.481 bits per heavy atom. The number of aliphatic hydroxyl groups excluding tert-OH is 8. The number of carbonyl (C=O) groups excluding carboxylic acids is 2. The van der Waals surface area contributed by atoms with Crippen LogP contribution in [-0.4, -0.2) is 124 Å². The third kappa shape index (κ3) is 6.45. The van der Waals surface area contributed by atoms with E-state index < -0.39 is 72.7 Å². The number of carbonyl (C=O) groups is 4. The van der Waals surface area contributed by atoms with Gasteiger partial charge in [-0.1, -0.05) is 0 Å². The van der Waals surface area contributed by atoms with Gasteiger partial charge in [-0.2, -0.15) is 0 Å². The van der Waals surface area contributed by atoms with Crippen molar-refractivity contribution in [1.29, 1.82) is 0 Å². The molecule has 0 aromatic heterocycles. The summed E-state index contributed by atoms with van der Waals surface area (Å²) in [5.74, 6) is -8.18. The second-order valence-corrected chi connectivity index (χ2v) is 5.16. The van der Waals surface area contributed by atoms with E-state index in [9.17, 15) is 49.8 Å². The van der Waals surface area contributed by atoms with Gasteiger partial charge in [-0.25, -0.2) is 19.2 Å². The first-order valence-corrected chi connectivity index (χ1v) is 6.89. The fraction of sp³-hybridized carbons (Fsp3) is 0.667. The van der Waals surface area contributed by atoms with Crippen molar-refractivity contribution in [3.05, 3.63) is 0 Å². The summed E-state index contributed by atoms with van der Waals surface area (Å²) in [4.78, 5) is 43.7. The summed E-state index contributed by atoms with van der Waals surface area (Å²) in [5, 5.41) is 90.8. The van der Waals surface area contributed by atoms with Gasteiger partial charge in [-0.3, -0.25) is 0 Å². The molecule has 0 aliphatic carbocycles. The van der Waals surface area contributed by atoms with Crippen LogP contribution in [-0.2, 0) is 23.9 Å². The summed E-state index contributed by atoms with van der Waals surface area (Å²) in [7, 11) is 0. The van der Waals surface area contributed by atoms with Crippen molar-refractivity contribution in [3.8, 4) is 0 Å². The Balaban J connectivity index is 4.95. The summed E-state index contributed by atoms with van der Waals surface area (Å²) < 4.78 is 3.82. The second kappa shape index (κ2) is 10.2.